The number of hydrogen-bond donors (Lipinski definition) is 1. The van der Waals surface area contributed by atoms with E-state index in [1.54, 1.807) is 7.11 Å². The molecule has 3 aromatic rings. The van der Waals surface area contributed by atoms with Gasteiger partial charge in [-0.05, 0) is 31.0 Å². The highest BCUT2D eigenvalue weighted by Gasteiger charge is 2.19. The molecule has 1 aromatic heterocycles. The monoisotopic (exact) mass is 366 g/mol. The molecule has 0 spiro atoms. The fourth-order valence-corrected chi connectivity index (χ4v) is 3.77. The van der Waals surface area contributed by atoms with E-state index in [0.29, 0.717) is 4.88 Å². The second kappa shape index (κ2) is 8.15. The lowest BCUT2D eigenvalue weighted by Crippen LogP contribution is -2.28. The SMILES string of the molecule is CCC(NC(=O)c1sc(-c2ccccc2)nc1C)c1ccc(OC)cc1. The third-order valence-corrected chi connectivity index (χ3v) is 5.46. The molecule has 1 N–H and O–H groups in total. The van der Waals surface area contributed by atoms with Gasteiger partial charge in [-0.15, -0.1) is 11.3 Å². The largest absolute Gasteiger partial charge is 0.497 e. The van der Waals surface area contributed by atoms with Gasteiger partial charge in [0.05, 0.1) is 18.8 Å². The molecule has 0 aliphatic heterocycles. The summed E-state index contributed by atoms with van der Waals surface area (Å²) in [6.07, 6.45) is 0.807. The van der Waals surface area contributed by atoms with Crippen LogP contribution in [0, 0.1) is 6.92 Å². The molecule has 0 saturated heterocycles. The van der Waals surface area contributed by atoms with Crippen LogP contribution in [-0.2, 0) is 0 Å². The Kier molecular flexibility index (Phi) is 5.68. The topological polar surface area (TPSA) is 51.2 Å². The Morgan fingerprint density at radius 2 is 1.85 bits per heavy atom. The number of ether oxygens (including phenoxy) is 1. The van der Waals surface area contributed by atoms with E-state index in [4.69, 9.17) is 4.74 Å². The van der Waals surface area contributed by atoms with E-state index in [0.717, 1.165) is 34.0 Å². The number of amides is 1. The predicted octanol–water partition coefficient (Wildman–Crippen LogP) is 5.01. The molecule has 4 nitrogen and oxygen atoms in total. The van der Waals surface area contributed by atoms with Crippen LogP contribution >= 0.6 is 11.3 Å². The van der Waals surface area contributed by atoms with Crippen LogP contribution in [0.15, 0.2) is 54.6 Å². The van der Waals surface area contributed by atoms with Crippen molar-refractivity contribution in [1.29, 1.82) is 0 Å². The summed E-state index contributed by atoms with van der Waals surface area (Å²) in [4.78, 5) is 18.0. The summed E-state index contributed by atoms with van der Waals surface area (Å²) in [5, 5.41) is 4.00. The average molecular weight is 366 g/mol. The number of methoxy groups -OCH3 is 1. The Morgan fingerprint density at radius 3 is 2.46 bits per heavy atom. The molecule has 26 heavy (non-hydrogen) atoms. The molecule has 1 atom stereocenters. The molecule has 0 fully saturated rings. The molecule has 1 heterocycles. The van der Waals surface area contributed by atoms with Crippen molar-refractivity contribution in [2.24, 2.45) is 0 Å². The van der Waals surface area contributed by atoms with Gasteiger partial charge in [0.2, 0.25) is 0 Å². The minimum Gasteiger partial charge on any atom is -0.497 e. The van der Waals surface area contributed by atoms with Crippen LogP contribution in [-0.4, -0.2) is 18.0 Å². The summed E-state index contributed by atoms with van der Waals surface area (Å²) in [6.45, 7) is 3.94. The summed E-state index contributed by atoms with van der Waals surface area (Å²) < 4.78 is 5.20. The second-order valence-electron chi connectivity index (χ2n) is 6.01. The Morgan fingerprint density at radius 1 is 1.15 bits per heavy atom. The number of aryl methyl sites for hydroxylation is 1. The van der Waals surface area contributed by atoms with E-state index in [-0.39, 0.29) is 11.9 Å². The number of nitrogens with zero attached hydrogens (tertiary/aromatic N) is 1. The first-order valence-electron chi connectivity index (χ1n) is 8.60. The molecule has 1 unspecified atom stereocenters. The van der Waals surface area contributed by atoms with Gasteiger partial charge in [-0.2, -0.15) is 0 Å². The maximum Gasteiger partial charge on any atom is 0.263 e. The maximum atomic E-state index is 12.8. The standard InChI is InChI=1S/C21H22N2O2S/c1-4-18(15-10-12-17(25-3)13-11-15)23-20(24)19-14(2)22-21(26-19)16-8-6-5-7-9-16/h5-13,18H,4H2,1-3H3,(H,23,24). The van der Waals surface area contributed by atoms with Gasteiger partial charge in [-0.3, -0.25) is 4.79 Å². The number of carbonyl (C=O) groups is 1. The average Bonchev–Trinajstić information content (AvgIpc) is 3.08. The molecule has 134 valence electrons. The minimum absolute atomic E-state index is 0.0462. The maximum absolute atomic E-state index is 12.8. The molecule has 3 rings (SSSR count). The van der Waals surface area contributed by atoms with E-state index in [1.807, 2.05) is 61.5 Å². The summed E-state index contributed by atoms with van der Waals surface area (Å²) in [5.74, 6) is 0.727. The van der Waals surface area contributed by atoms with Crippen LogP contribution in [0.2, 0.25) is 0 Å². The van der Waals surface area contributed by atoms with Crippen molar-refractivity contribution in [3.63, 3.8) is 0 Å². The molecular formula is C21H22N2O2S. The summed E-state index contributed by atoms with van der Waals surface area (Å²) in [7, 11) is 1.64. The molecule has 0 aliphatic carbocycles. The normalized spacial score (nSPS) is 11.8. The number of carbonyl (C=O) groups excluding carboxylic acids is 1. The van der Waals surface area contributed by atoms with Crippen LogP contribution < -0.4 is 10.1 Å². The van der Waals surface area contributed by atoms with Gasteiger partial charge >= 0.3 is 0 Å². The van der Waals surface area contributed by atoms with Crippen LogP contribution in [0.1, 0.15) is 40.3 Å². The highest BCUT2D eigenvalue weighted by molar-refractivity contribution is 7.17. The van der Waals surface area contributed by atoms with Gasteiger partial charge in [0.1, 0.15) is 15.6 Å². The lowest BCUT2D eigenvalue weighted by molar-refractivity contribution is 0.0939. The highest BCUT2D eigenvalue weighted by Crippen LogP contribution is 2.28. The van der Waals surface area contributed by atoms with E-state index >= 15 is 0 Å². The fourth-order valence-electron chi connectivity index (χ4n) is 2.79. The van der Waals surface area contributed by atoms with E-state index < -0.39 is 0 Å². The van der Waals surface area contributed by atoms with Crippen molar-refractivity contribution >= 4 is 17.2 Å². The Hall–Kier alpha value is -2.66. The zero-order valence-electron chi connectivity index (χ0n) is 15.2. The Balaban J connectivity index is 1.79. The molecule has 1 amide bonds. The van der Waals surface area contributed by atoms with E-state index in [9.17, 15) is 4.79 Å². The molecule has 5 heteroatoms. The number of aromatic nitrogens is 1. The smallest absolute Gasteiger partial charge is 0.263 e. The molecule has 0 aliphatic rings. The van der Waals surface area contributed by atoms with Crippen molar-refractivity contribution in [3.05, 3.63) is 70.7 Å². The third-order valence-electron chi connectivity index (χ3n) is 4.26. The first-order chi connectivity index (χ1) is 12.6. The lowest BCUT2D eigenvalue weighted by Gasteiger charge is -2.17. The van der Waals surface area contributed by atoms with Crippen molar-refractivity contribution in [3.8, 4) is 16.3 Å². The molecule has 0 bridgehead atoms. The summed E-state index contributed by atoms with van der Waals surface area (Å²) >= 11 is 1.43. The van der Waals surface area contributed by atoms with Crippen molar-refractivity contribution in [2.75, 3.05) is 7.11 Å². The quantitative estimate of drug-likeness (QED) is 0.667. The summed E-state index contributed by atoms with van der Waals surface area (Å²) in [5.41, 5.74) is 2.85. The number of rotatable bonds is 6. The first-order valence-corrected chi connectivity index (χ1v) is 9.41. The van der Waals surface area contributed by atoms with Crippen molar-refractivity contribution in [1.82, 2.24) is 10.3 Å². The van der Waals surface area contributed by atoms with E-state index in [1.165, 1.54) is 11.3 Å². The first kappa shape index (κ1) is 18.1. The van der Waals surface area contributed by atoms with Crippen molar-refractivity contribution < 1.29 is 9.53 Å². The minimum atomic E-state index is -0.0788. The second-order valence-corrected chi connectivity index (χ2v) is 7.01. The Labute approximate surface area is 157 Å². The number of benzene rings is 2. The van der Waals surface area contributed by atoms with Crippen LogP contribution in [0.25, 0.3) is 10.6 Å². The summed E-state index contributed by atoms with van der Waals surface area (Å²) in [6, 6.07) is 17.7. The van der Waals surface area contributed by atoms with Crippen LogP contribution in [0.5, 0.6) is 5.75 Å². The number of thiazole rings is 1. The van der Waals surface area contributed by atoms with Gasteiger partial charge in [0.15, 0.2) is 0 Å². The lowest BCUT2D eigenvalue weighted by atomic mass is 10.0. The van der Waals surface area contributed by atoms with E-state index in [2.05, 4.69) is 17.2 Å². The molecule has 0 radical (unpaired) electrons. The van der Waals surface area contributed by atoms with Gasteiger partial charge in [0, 0.05) is 5.56 Å². The predicted molar refractivity (Wildman–Crippen MR) is 106 cm³/mol. The third kappa shape index (κ3) is 3.94. The van der Waals surface area contributed by atoms with Gasteiger partial charge in [-0.1, -0.05) is 49.4 Å². The molecular weight excluding hydrogens is 344 g/mol. The Bertz CT molecular complexity index is 873. The zero-order chi connectivity index (χ0) is 18.5. The fraction of sp³-hybridized carbons (Fsp3) is 0.238. The van der Waals surface area contributed by atoms with Gasteiger partial charge in [-0.25, -0.2) is 4.98 Å². The van der Waals surface area contributed by atoms with Crippen LogP contribution in [0.3, 0.4) is 0 Å². The highest BCUT2D eigenvalue weighted by atomic mass is 32.1. The number of nitrogens with one attached hydrogen (secondary N) is 1. The molecule has 2 aromatic carbocycles. The van der Waals surface area contributed by atoms with Gasteiger partial charge < -0.3 is 10.1 Å². The molecule has 0 saturated carbocycles. The van der Waals surface area contributed by atoms with Crippen LogP contribution in [0.4, 0.5) is 0 Å². The number of hydrogen-bond acceptors (Lipinski definition) is 4. The zero-order valence-corrected chi connectivity index (χ0v) is 16.0. The van der Waals surface area contributed by atoms with Crippen molar-refractivity contribution in [2.45, 2.75) is 26.3 Å². The van der Waals surface area contributed by atoms with Gasteiger partial charge in [0.25, 0.3) is 5.91 Å².